The van der Waals surface area contributed by atoms with Crippen molar-refractivity contribution in [3.05, 3.63) is 126 Å². The van der Waals surface area contributed by atoms with Crippen LogP contribution in [-0.2, 0) is 4.79 Å². The predicted molar refractivity (Wildman–Crippen MR) is 159 cm³/mol. The minimum Gasteiger partial charge on any atom is -0.480 e. The molecule has 1 saturated heterocycles. The number of carbonyl (C=O) groups is 3. The Bertz CT molecular complexity index is 1460. The summed E-state index contributed by atoms with van der Waals surface area (Å²) >= 11 is 0. The van der Waals surface area contributed by atoms with E-state index in [1.165, 1.54) is 6.92 Å². The molecule has 41 heavy (non-hydrogen) atoms. The van der Waals surface area contributed by atoms with E-state index in [0.717, 1.165) is 11.1 Å². The molecule has 0 bridgehead atoms. The van der Waals surface area contributed by atoms with Gasteiger partial charge in [0.05, 0.1) is 5.56 Å². The molecule has 1 atom stereocenters. The Morgan fingerprint density at radius 1 is 0.780 bits per heavy atom. The summed E-state index contributed by atoms with van der Waals surface area (Å²) in [5, 5.41) is 8.51. The first kappa shape index (κ1) is 27.5. The molecule has 0 saturated carbocycles. The highest BCUT2D eigenvalue weighted by atomic mass is 16.5. The van der Waals surface area contributed by atoms with Crippen LogP contribution in [0.25, 0.3) is 0 Å². The van der Waals surface area contributed by atoms with Crippen molar-refractivity contribution >= 4 is 29.2 Å². The molecule has 1 unspecified atom stereocenters. The minimum atomic E-state index is -0.463. The normalized spacial score (nSPS) is 14.4. The van der Waals surface area contributed by atoms with E-state index in [2.05, 4.69) is 16.0 Å². The van der Waals surface area contributed by atoms with Gasteiger partial charge in [-0.15, -0.1) is 0 Å². The largest absolute Gasteiger partial charge is 0.480 e. The minimum absolute atomic E-state index is 0.111. The van der Waals surface area contributed by atoms with Gasteiger partial charge >= 0.3 is 6.03 Å². The van der Waals surface area contributed by atoms with E-state index in [9.17, 15) is 14.4 Å². The standard InChI is InChI=1S/C33H32N4O4/c1-23(38)34-28-19-20-37(22-28)32(39)29-21-27(36-33(40)35-26-15-9-4-10-16-26)17-18-30(29)41-31(24-11-5-2-6-12-24)25-13-7-3-8-14-25/h2-18,21,28,31H,19-20,22H2,1H3,(H,34,38)(H2,35,36,40). The van der Waals surface area contributed by atoms with Gasteiger partial charge in [0.15, 0.2) is 0 Å². The number of benzene rings is 4. The number of para-hydroxylation sites is 1. The quantitative estimate of drug-likeness (QED) is 0.257. The maximum Gasteiger partial charge on any atom is 0.323 e. The van der Waals surface area contributed by atoms with Crippen LogP contribution >= 0.6 is 0 Å². The number of hydrogen-bond donors (Lipinski definition) is 3. The summed E-state index contributed by atoms with van der Waals surface area (Å²) in [5.41, 5.74) is 3.29. The van der Waals surface area contributed by atoms with Crippen LogP contribution in [0, 0.1) is 0 Å². The predicted octanol–water partition coefficient (Wildman–Crippen LogP) is 5.85. The smallest absolute Gasteiger partial charge is 0.323 e. The summed E-state index contributed by atoms with van der Waals surface area (Å²) < 4.78 is 6.60. The molecule has 4 amide bonds. The molecule has 1 heterocycles. The summed E-state index contributed by atoms with van der Waals surface area (Å²) in [6, 6.07) is 33.3. The summed E-state index contributed by atoms with van der Waals surface area (Å²) in [4.78, 5) is 39.9. The van der Waals surface area contributed by atoms with E-state index in [1.807, 2.05) is 78.9 Å². The van der Waals surface area contributed by atoms with Gasteiger partial charge in [0.2, 0.25) is 5.91 Å². The molecule has 4 aromatic carbocycles. The second-order valence-corrected chi connectivity index (χ2v) is 9.91. The van der Waals surface area contributed by atoms with E-state index < -0.39 is 12.1 Å². The molecule has 1 fully saturated rings. The molecule has 1 aliphatic heterocycles. The lowest BCUT2D eigenvalue weighted by Gasteiger charge is -2.24. The van der Waals surface area contributed by atoms with Crippen LogP contribution in [-0.4, -0.2) is 41.9 Å². The zero-order chi connectivity index (χ0) is 28.6. The second kappa shape index (κ2) is 12.8. The van der Waals surface area contributed by atoms with Gasteiger partial charge < -0.3 is 25.6 Å². The lowest BCUT2D eigenvalue weighted by Crippen LogP contribution is -2.37. The summed E-state index contributed by atoms with van der Waals surface area (Å²) in [7, 11) is 0. The van der Waals surface area contributed by atoms with Crippen LogP contribution in [0.2, 0.25) is 0 Å². The molecule has 8 heteroatoms. The number of urea groups is 1. The first-order valence-electron chi connectivity index (χ1n) is 13.6. The van der Waals surface area contributed by atoms with E-state index >= 15 is 0 Å². The Balaban J connectivity index is 1.45. The zero-order valence-electron chi connectivity index (χ0n) is 22.7. The molecule has 8 nitrogen and oxygen atoms in total. The van der Waals surface area contributed by atoms with E-state index in [4.69, 9.17) is 4.74 Å². The van der Waals surface area contributed by atoms with Gasteiger partial charge in [0.25, 0.3) is 5.91 Å². The van der Waals surface area contributed by atoms with Gasteiger partial charge in [-0.3, -0.25) is 9.59 Å². The molecular weight excluding hydrogens is 516 g/mol. The van der Waals surface area contributed by atoms with Crippen molar-refractivity contribution in [3.8, 4) is 5.75 Å². The van der Waals surface area contributed by atoms with Crippen molar-refractivity contribution in [2.45, 2.75) is 25.5 Å². The van der Waals surface area contributed by atoms with Crippen molar-refractivity contribution in [2.24, 2.45) is 0 Å². The van der Waals surface area contributed by atoms with Gasteiger partial charge in [-0.25, -0.2) is 4.79 Å². The van der Waals surface area contributed by atoms with Gasteiger partial charge in [-0.2, -0.15) is 0 Å². The summed E-state index contributed by atoms with van der Waals surface area (Å²) in [6.45, 7) is 2.36. The van der Waals surface area contributed by atoms with E-state index in [0.29, 0.717) is 42.2 Å². The number of rotatable bonds is 8. The Hall–Kier alpha value is -5.11. The Morgan fingerprint density at radius 3 is 1.98 bits per heavy atom. The molecule has 0 spiro atoms. The number of amides is 4. The van der Waals surface area contributed by atoms with Crippen LogP contribution in [0.3, 0.4) is 0 Å². The molecule has 5 rings (SSSR count). The van der Waals surface area contributed by atoms with Gasteiger partial charge in [-0.1, -0.05) is 78.9 Å². The van der Waals surface area contributed by atoms with Gasteiger partial charge in [-0.05, 0) is 47.9 Å². The lowest BCUT2D eigenvalue weighted by atomic mass is 10.0. The fourth-order valence-electron chi connectivity index (χ4n) is 4.92. The molecule has 0 radical (unpaired) electrons. The Labute approximate surface area is 239 Å². The van der Waals surface area contributed by atoms with Crippen LogP contribution in [0.1, 0.15) is 40.9 Å². The van der Waals surface area contributed by atoms with E-state index in [1.54, 1.807) is 35.2 Å². The van der Waals surface area contributed by atoms with Gasteiger partial charge in [0.1, 0.15) is 11.9 Å². The third kappa shape index (κ3) is 7.10. The van der Waals surface area contributed by atoms with Crippen LogP contribution in [0.5, 0.6) is 5.75 Å². The SMILES string of the molecule is CC(=O)NC1CCN(C(=O)c2cc(NC(=O)Nc3ccccc3)ccc2OC(c2ccccc2)c2ccccc2)C1. The molecule has 3 N–H and O–H groups in total. The third-order valence-corrected chi connectivity index (χ3v) is 6.83. The number of anilines is 2. The number of carbonyl (C=O) groups excluding carboxylic acids is 3. The molecule has 1 aliphatic rings. The van der Waals surface area contributed by atoms with Crippen molar-refractivity contribution in [3.63, 3.8) is 0 Å². The second-order valence-electron chi connectivity index (χ2n) is 9.91. The zero-order valence-corrected chi connectivity index (χ0v) is 22.7. The first-order valence-corrected chi connectivity index (χ1v) is 13.6. The highest BCUT2D eigenvalue weighted by Crippen LogP contribution is 2.33. The maximum absolute atomic E-state index is 13.9. The van der Waals surface area contributed by atoms with Crippen molar-refractivity contribution in [1.29, 1.82) is 0 Å². The molecule has 208 valence electrons. The number of ether oxygens (including phenoxy) is 1. The monoisotopic (exact) mass is 548 g/mol. The van der Waals surface area contributed by atoms with Crippen molar-refractivity contribution in [2.75, 3.05) is 23.7 Å². The third-order valence-electron chi connectivity index (χ3n) is 6.83. The number of nitrogens with one attached hydrogen (secondary N) is 3. The topological polar surface area (TPSA) is 99.8 Å². The first-order chi connectivity index (χ1) is 20.0. The number of hydrogen-bond acceptors (Lipinski definition) is 4. The summed E-state index contributed by atoms with van der Waals surface area (Å²) in [6.07, 6.45) is 0.199. The average molecular weight is 549 g/mol. The molecule has 0 aliphatic carbocycles. The highest BCUT2D eigenvalue weighted by Gasteiger charge is 2.30. The highest BCUT2D eigenvalue weighted by molar-refractivity contribution is 6.02. The van der Waals surface area contributed by atoms with Crippen LogP contribution < -0.4 is 20.7 Å². The van der Waals surface area contributed by atoms with Crippen LogP contribution in [0.4, 0.5) is 16.2 Å². The molecule has 4 aromatic rings. The molecule has 0 aromatic heterocycles. The van der Waals surface area contributed by atoms with Crippen LogP contribution in [0.15, 0.2) is 109 Å². The number of nitrogens with zero attached hydrogens (tertiary/aromatic N) is 1. The van der Waals surface area contributed by atoms with Crippen molar-refractivity contribution < 1.29 is 19.1 Å². The Morgan fingerprint density at radius 2 is 1.37 bits per heavy atom. The maximum atomic E-state index is 13.9. The summed E-state index contributed by atoms with van der Waals surface area (Å²) in [5.74, 6) is 0.0297. The fraction of sp³-hybridized carbons (Fsp3) is 0.182. The average Bonchev–Trinajstić information content (AvgIpc) is 3.45. The lowest BCUT2D eigenvalue weighted by molar-refractivity contribution is -0.119. The van der Waals surface area contributed by atoms with Crippen molar-refractivity contribution in [1.82, 2.24) is 10.2 Å². The van der Waals surface area contributed by atoms with E-state index in [-0.39, 0.29) is 17.9 Å². The Kier molecular flexibility index (Phi) is 8.59. The van der Waals surface area contributed by atoms with Gasteiger partial charge in [0, 0.05) is 37.4 Å². The molecular formula is C33H32N4O4. The fourth-order valence-corrected chi connectivity index (χ4v) is 4.92. The number of likely N-dealkylation sites (tertiary alicyclic amines) is 1.